The van der Waals surface area contributed by atoms with Crippen LogP contribution in [0.1, 0.15) is 10.4 Å². The van der Waals surface area contributed by atoms with Crippen molar-refractivity contribution in [3.05, 3.63) is 96.0 Å². The monoisotopic (exact) mass is 424 g/mol. The Bertz CT molecular complexity index is 1280. The summed E-state index contributed by atoms with van der Waals surface area (Å²) in [5, 5.41) is 3.48. The number of halogens is 3. The van der Waals surface area contributed by atoms with Crippen molar-refractivity contribution in [1.82, 2.24) is 0 Å². The van der Waals surface area contributed by atoms with Gasteiger partial charge in [-0.15, -0.1) is 13.2 Å². The molecule has 8 heteroatoms. The van der Waals surface area contributed by atoms with Gasteiger partial charge in [-0.1, -0.05) is 36.4 Å². The van der Waals surface area contributed by atoms with Gasteiger partial charge in [0.25, 0.3) is 5.91 Å². The van der Waals surface area contributed by atoms with Gasteiger partial charge >= 0.3 is 6.36 Å². The lowest BCUT2D eigenvalue weighted by atomic mass is 10.1. The van der Waals surface area contributed by atoms with Gasteiger partial charge in [0.2, 0.25) is 5.55 Å². The Morgan fingerprint density at radius 1 is 0.903 bits per heavy atom. The average Bonchev–Trinajstić information content (AvgIpc) is 2.74. The Morgan fingerprint density at radius 2 is 1.58 bits per heavy atom. The Morgan fingerprint density at radius 3 is 2.29 bits per heavy atom. The third kappa shape index (κ3) is 5.11. The summed E-state index contributed by atoms with van der Waals surface area (Å²) in [5.74, 6) is -0.805. The molecule has 0 atom stereocenters. The smallest absolute Gasteiger partial charge is 0.438 e. The minimum atomic E-state index is -4.78. The molecule has 0 aliphatic carbocycles. The van der Waals surface area contributed by atoms with Gasteiger partial charge in [0.1, 0.15) is 16.9 Å². The summed E-state index contributed by atoms with van der Waals surface area (Å²) >= 11 is 0. The summed E-state index contributed by atoms with van der Waals surface area (Å²) in [6, 6.07) is 22.6. The standard InChI is InChI=1S/C23H15F3N2O3/c24-23(25,26)31-18-12-10-17(11-13-18)28-22-19(14-15-6-4-5-9-20(15)30-22)21(29)27-16-7-2-1-3-8-16/h1-14H,(H,27,29). The fraction of sp³-hybridized carbons (Fsp3) is 0.0435. The number of anilines is 1. The van der Waals surface area contributed by atoms with Crippen molar-refractivity contribution in [2.45, 2.75) is 6.36 Å². The summed E-state index contributed by atoms with van der Waals surface area (Å²) in [5.41, 5.74) is 1.60. The van der Waals surface area contributed by atoms with Crippen molar-refractivity contribution in [1.29, 1.82) is 0 Å². The Kier molecular flexibility index (Phi) is 5.44. The molecule has 0 saturated heterocycles. The molecule has 0 fully saturated rings. The van der Waals surface area contributed by atoms with E-state index in [-0.39, 0.29) is 16.9 Å². The molecule has 1 amide bonds. The molecule has 31 heavy (non-hydrogen) atoms. The molecule has 0 unspecified atom stereocenters. The summed E-state index contributed by atoms with van der Waals surface area (Å²) in [4.78, 5) is 17.2. The van der Waals surface area contributed by atoms with Crippen LogP contribution in [0.3, 0.4) is 0 Å². The van der Waals surface area contributed by atoms with Crippen molar-refractivity contribution >= 4 is 28.3 Å². The van der Waals surface area contributed by atoms with Crippen LogP contribution in [0.4, 0.5) is 24.5 Å². The third-order valence-corrected chi connectivity index (χ3v) is 4.23. The zero-order valence-corrected chi connectivity index (χ0v) is 15.9. The van der Waals surface area contributed by atoms with Crippen molar-refractivity contribution in [2.24, 2.45) is 4.99 Å². The molecule has 3 aromatic carbocycles. The SMILES string of the molecule is O=C(Nc1ccccc1)c1cc2ccccc2oc1=Nc1ccc(OC(F)(F)F)cc1. The van der Waals surface area contributed by atoms with Crippen molar-refractivity contribution in [3.8, 4) is 5.75 Å². The molecule has 0 radical (unpaired) electrons. The quantitative estimate of drug-likeness (QED) is 0.449. The lowest BCUT2D eigenvalue weighted by Gasteiger charge is -2.08. The molecule has 0 aliphatic heterocycles. The predicted molar refractivity (Wildman–Crippen MR) is 109 cm³/mol. The molecule has 5 nitrogen and oxygen atoms in total. The molecular formula is C23H15F3N2O3. The highest BCUT2D eigenvalue weighted by Gasteiger charge is 2.30. The number of nitrogens with zero attached hydrogens (tertiary/aromatic N) is 1. The number of amides is 1. The van der Waals surface area contributed by atoms with Crippen molar-refractivity contribution in [2.75, 3.05) is 5.32 Å². The number of carbonyl (C=O) groups is 1. The van der Waals surface area contributed by atoms with Crippen LogP contribution in [-0.2, 0) is 0 Å². The summed E-state index contributed by atoms with van der Waals surface area (Å²) in [7, 11) is 0. The average molecular weight is 424 g/mol. The van der Waals surface area contributed by atoms with E-state index in [0.29, 0.717) is 22.3 Å². The molecule has 4 aromatic rings. The first-order valence-electron chi connectivity index (χ1n) is 9.17. The number of alkyl halides is 3. The normalized spacial score (nSPS) is 12.0. The number of benzene rings is 3. The predicted octanol–water partition coefficient (Wildman–Crippen LogP) is 5.82. The van der Waals surface area contributed by atoms with E-state index in [0.717, 1.165) is 12.1 Å². The maximum atomic E-state index is 12.9. The van der Waals surface area contributed by atoms with E-state index in [1.807, 2.05) is 12.1 Å². The lowest BCUT2D eigenvalue weighted by molar-refractivity contribution is -0.274. The Hall–Kier alpha value is -4.07. The number of hydrogen-bond donors (Lipinski definition) is 1. The van der Waals surface area contributed by atoms with Gasteiger partial charge in [-0.25, -0.2) is 4.99 Å². The number of hydrogen-bond acceptors (Lipinski definition) is 4. The molecule has 0 bridgehead atoms. The van der Waals surface area contributed by atoms with Crippen LogP contribution < -0.4 is 15.6 Å². The minimum absolute atomic E-state index is 0.0246. The highest BCUT2D eigenvalue weighted by atomic mass is 19.4. The third-order valence-electron chi connectivity index (χ3n) is 4.23. The van der Waals surface area contributed by atoms with Crippen LogP contribution in [0.5, 0.6) is 5.75 Å². The molecule has 1 heterocycles. The Labute approximate surface area is 174 Å². The zero-order valence-electron chi connectivity index (χ0n) is 15.9. The molecule has 1 N–H and O–H groups in total. The fourth-order valence-corrected chi connectivity index (χ4v) is 2.87. The number of ether oxygens (including phenoxy) is 1. The second kappa shape index (κ2) is 8.35. The fourth-order valence-electron chi connectivity index (χ4n) is 2.87. The highest BCUT2D eigenvalue weighted by molar-refractivity contribution is 6.05. The first-order valence-corrected chi connectivity index (χ1v) is 9.17. The van der Waals surface area contributed by atoms with E-state index in [2.05, 4.69) is 15.0 Å². The topological polar surface area (TPSA) is 63.8 Å². The number of fused-ring (bicyclic) bond motifs is 1. The van der Waals surface area contributed by atoms with E-state index in [1.165, 1.54) is 12.1 Å². The van der Waals surface area contributed by atoms with Crippen LogP contribution in [0.15, 0.2) is 94.3 Å². The van der Waals surface area contributed by atoms with Gasteiger partial charge < -0.3 is 14.5 Å². The van der Waals surface area contributed by atoms with Crippen LogP contribution in [0, 0.1) is 0 Å². The molecule has 0 spiro atoms. The number of nitrogens with one attached hydrogen (secondary N) is 1. The molecular weight excluding hydrogens is 409 g/mol. The van der Waals surface area contributed by atoms with Gasteiger partial charge in [-0.2, -0.15) is 0 Å². The molecule has 156 valence electrons. The second-order valence-electron chi connectivity index (χ2n) is 6.48. The second-order valence-corrected chi connectivity index (χ2v) is 6.48. The zero-order chi connectivity index (χ0) is 21.8. The van der Waals surface area contributed by atoms with E-state index < -0.39 is 12.3 Å². The maximum absolute atomic E-state index is 12.9. The lowest BCUT2D eigenvalue weighted by Crippen LogP contribution is -2.21. The molecule has 0 saturated carbocycles. The molecule has 0 aliphatic rings. The van der Waals surface area contributed by atoms with E-state index in [1.54, 1.807) is 48.5 Å². The van der Waals surface area contributed by atoms with Gasteiger partial charge in [0.05, 0.1) is 5.69 Å². The van der Waals surface area contributed by atoms with Crippen molar-refractivity contribution < 1.29 is 27.1 Å². The van der Waals surface area contributed by atoms with E-state index in [4.69, 9.17) is 4.42 Å². The molecule has 4 rings (SSSR count). The van der Waals surface area contributed by atoms with Gasteiger partial charge in [0, 0.05) is 11.1 Å². The highest BCUT2D eigenvalue weighted by Crippen LogP contribution is 2.25. The van der Waals surface area contributed by atoms with Gasteiger partial charge in [0.15, 0.2) is 0 Å². The minimum Gasteiger partial charge on any atom is -0.438 e. The maximum Gasteiger partial charge on any atom is 0.573 e. The first-order chi connectivity index (χ1) is 14.9. The largest absolute Gasteiger partial charge is 0.573 e. The summed E-state index contributed by atoms with van der Waals surface area (Å²) in [6.07, 6.45) is -4.78. The summed E-state index contributed by atoms with van der Waals surface area (Å²) < 4.78 is 46.7. The number of para-hydroxylation sites is 2. The van der Waals surface area contributed by atoms with Crippen molar-refractivity contribution in [3.63, 3.8) is 0 Å². The van der Waals surface area contributed by atoms with Crippen LogP contribution in [0.25, 0.3) is 11.0 Å². The summed E-state index contributed by atoms with van der Waals surface area (Å²) in [6.45, 7) is 0. The molecule has 1 aromatic heterocycles. The van der Waals surface area contributed by atoms with E-state index >= 15 is 0 Å². The van der Waals surface area contributed by atoms with Gasteiger partial charge in [-0.3, -0.25) is 4.79 Å². The number of rotatable bonds is 4. The van der Waals surface area contributed by atoms with Crippen LogP contribution in [0.2, 0.25) is 0 Å². The Balaban J connectivity index is 1.75. The van der Waals surface area contributed by atoms with Crippen LogP contribution >= 0.6 is 0 Å². The van der Waals surface area contributed by atoms with Gasteiger partial charge in [-0.05, 0) is 48.5 Å². The van der Waals surface area contributed by atoms with Crippen LogP contribution in [-0.4, -0.2) is 12.3 Å². The number of carbonyl (C=O) groups excluding carboxylic acids is 1. The van der Waals surface area contributed by atoms with E-state index in [9.17, 15) is 18.0 Å². The first kappa shape index (κ1) is 20.2.